The van der Waals surface area contributed by atoms with E-state index in [1.54, 1.807) is 0 Å². The highest BCUT2D eigenvalue weighted by molar-refractivity contribution is 5.97. The Morgan fingerprint density at radius 1 is 0.938 bits per heavy atom. The van der Waals surface area contributed by atoms with Crippen LogP contribution in [0.1, 0.15) is 51.4 Å². The van der Waals surface area contributed by atoms with E-state index < -0.39 is 11.2 Å². The van der Waals surface area contributed by atoms with Crippen LogP contribution in [0.4, 0.5) is 0 Å². The molecule has 0 aromatic heterocycles. The Labute approximate surface area is 94.8 Å². The Morgan fingerprint density at radius 3 is 2.06 bits per heavy atom. The fourth-order valence-corrected chi connectivity index (χ4v) is 6.06. The number of ketones is 1. The van der Waals surface area contributed by atoms with Gasteiger partial charge in [-0.2, -0.15) is 0 Å². The van der Waals surface area contributed by atoms with Crippen molar-refractivity contribution in [1.82, 2.24) is 0 Å². The van der Waals surface area contributed by atoms with Crippen molar-refractivity contribution in [3.8, 4) is 0 Å². The molecule has 4 aliphatic carbocycles. The smallest absolute Gasteiger partial charge is 0.176 e. The molecule has 4 saturated carbocycles. The molecule has 16 heavy (non-hydrogen) atoms. The first-order chi connectivity index (χ1) is 7.54. The van der Waals surface area contributed by atoms with Gasteiger partial charge in [-0.25, -0.2) is 0 Å². The molecule has 0 unspecified atom stereocenters. The third kappa shape index (κ3) is 0.568. The van der Waals surface area contributed by atoms with Crippen LogP contribution in [0.25, 0.3) is 0 Å². The molecule has 4 aliphatic rings. The summed E-state index contributed by atoms with van der Waals surface area (Å²) in [7, 11) is 0. The molecule has 0 aliphatic heterocycles. The summed E-state index contributed by atoms with van der Waals surface area (Å²) in [5, 5.41) is 20.4. The lowest BCUT2D eigenvalue weighted by atomic mass is 9.73. The molecule has 0 bridgehead atoms. The Bertz CT molecular complexity index is 394. The molecule has 0 heterocycles. The van der Waals surface area contributed by atoms with Crippen molar-refractivity contribution in [2.75, 3.05) is 0 Å². The fourth-order valence-electron chi connectivity index (χ4n) is 6.06. The van der Waals surface area contributed by atoms with E-state index in [9.17, 15) is 15.0 Å². The molecule has 2 N–H and O–H groups in total. The van der Waals surface area contributed by atoms with Crippen molar-refractivity contribution in [3.63, 3.8) is 0 Å². The van der Waals surface area contributed by atoms with Crippen LogP contribution in [-0.4, -0.2) is 21.8 Å². The minimum absolute atomic E-state index is 0.0168. The SMILES string of the molecule is O=C1CC(O)(O)[C@]23CC[C@]12C31CCCCC1. The lowest BCUT2D eigenvalue weighted by Crippen LogP contribution is -2.43. The monoisotopic (exact) mass is 222 g/mol. The molecule has 4 fully saturated rings. The molecule has 3 heteroatoms. The molecule has 2 atom stereocenters. The molecule has 0 radical (unpaired) electrons. The zero-order valence-electron chi connectivity index (χ0n) is 9.46. The summed E-state index contributed by atoms with van der Waals surface area (Å²) in [6.07, 6.45) is 7.39. The van der Waals surface area contributed by atoms with E-state index in [1.807, 2.05) is 0 Å². The van der Waals surface area contributed by atoms with Gasteiger partial charge in [0.15, 0.2) is 5.79 Å². The van der Waals surface area contributed by atoms with Gasteiger partial charge in [-0.05, 0) is 31.1 Å². The molecular weight excluding hydrogens is 204 g/mol. The average molecular weight is 222 g/mol. The van der Waals surface area contributed by atoms with Gasteiger partial charge in [-0.3, -0.25) is 4.79 Å². The number of carbonyl (C=O) groups is 1. The van der Waals surface area contributed by atoms with Crippen molar-refractivity contribution in [3.05, 3.63) is 0 Å². The van der Waals surface area contributed by atoms with Gasteiger partial charge in [-0.15, -0.1) is 0 Å². The van der Waals surface area contributed by atoms with E-state index in [4.69, 9.17) is 0 Å². The summed E-state index contributed by atoms with van der Waals surface area (Å²) >= 11 is 0. The first kappa shape index (κ1) is 9.60. The number of Topliss-reactive ketones (excluding diaryl/α,β-unsaturated/α-hetero) is 1. The number of carbonyl (C=O) groups excluding carboxylic acids is 1. The van der Waals surface area contributed by atoms with Crippen LogP contribution in [0.15, 0.2) is 0 Å². The quantitative estimate of drug-likeness (QED) is 0.609. The summed E-state index contributed by atoms with van der Waals surface area (Å²) in [6.45, 7) is 0. The highest BCUT2D eigenvalue weighted by atomic mass is 16.5. The van der Waals surface area contributed by atoms with Crippen LogP contribution >= 0.6 is 0 Å². The summed E-state index contributed by atoms with van der Waals surface area (Å²) in [6, 6.07) is 0. The summed E-state index contributed by atoms with van der Waals surface area (Å²) in [5.41, 5.74) is -0.745. The highest BCUT2D eigenvalue weighted by Crippen LogP contribution is 2.98. The summed E-state index contributed by atoms with van der Waals surface area (Å²) < 4.78 is 0. The molecule has 0 saturated heterocycles. The molecule has 3 nitrogen and oxygen atoms in total. The summed E-state index contributed by atoms with van der Waals surface area (Å²) in [4.78, 5) is 12.2. The van der Waals surface area contributed by atoms with E-state index in [0.717, 1.165) is 38.5 Å². The third-order valence-corrected chi connectivity index (χ3v) is 6.45. The second kappa shape index (κ2) is 2.25. The van der Waals surface area contributed by atoms with E-state index in [0.29, 0.717) is 0 Å². The lowest BCUT2D eigenvalue weighted by molar-refractivity contribution is -0.226. The average Bonchev–Trinajstić information content (AvgIpc) is 2.44. The normalized spacial score (nSPS) is 50.8. The zero-order valence-corrected chi connectivity index (χ0v) is 9.46. The Hall–Kier alpha value is -0.410. The van der Waals surface area contributed by atoms with Gasteiger partial charge in [0.1, 0.15) is 5.78 Å². The molecule has 0 aromatic rings. The molecule has 0 amide bonds. The largest absolute Gasteiger partial charge is 0.365 e. The second-order valence-corrected chi connectivity index (χ2v) is 6.37. The second-order valence-electron chi connectivity index (χ2n) is 6.37. The number of rotatable bonds is 0. The first-order valence-electron chi connectivity index (χ1n) is 6.52. The minimum Gasteiger partial charge on any atom is -0.365 e. The Balaban J connectivity index is 1.87. The molecule has 0 aromatic carbocycles. The van der Waals surface area contributed by atoms with Gasteiger partial charge >= 0.3 is 0 Å². The van der Waals surface area contributed by atoms with Gasteiger partial charge in [-0.1, -0.05) is 19.3 Å². The number of hydrogen-bond acceptors (Lipinski definition) is 3. The van der Waals surface area contributed by atoms with Crippen molar-refractivity contribution < 1.29 is 15.0 Å². The first-order valence-corrected chi connectivity index (χ1v) is 6.52. The maximum absolute atomic E-state index is 12.2. The molecule has 88 valence electrons. The van der Waals surface area contributed by atoms with Gasteiger partial charge < -0.3 is 10.2 Å². The lowest BCUT2D eigenvalue weighted by Gasteiger charge is -2.37. The van der Waals surface area contributed by atoms with Crippen LogP contribution in [0.5, 0.6) is 0 Å². The van der Waals surface area contributed by atoms with Gasteiger partial charge in [0.25, 0.3) is 0 Å². The zero-order chi connectivity index (χ0) is 11.2. The predicted octanol–water partition coefficient (Wildman–Crippen LogP) is 1.37. The van der Waals surface area contributed by atoms with Gasteiger partial charge in [0.05, 0.1) is 6.42 Å². The fraction of sp³-hybridized carbons (Fsp3) is 0.923. The van der Waals surface area contributed by atoms with Crippen LogP contribution in [0, 0.1) is 16.2 Å². The molecule has 4 rings (SSSR count). The minimum atomic E-state index is -1.69. The highest BCUT2D eigenvalue weighted by Gasteiger charge is 3.00. The number of aliphatic hydroxyl groups is 2. The topological polar surface area (TPSA) is 57.5 Å². The van der Waals surface area contributed by atoms with Crippen molar-refractivity contribution >= 4 is 5.78 Å². The Kier molecular flexibility index (Phi) is 1.35. The van der Waals surface area contributed by atoms with Crippen LogP contribution in [0.2, 0.25) is 0 Å². The van der Waals surface area contributed by atoms with Gasteiger partial charge in [0.2, 0.25) is 0 Å². The molecule has 1 spiro atoms. The van der Waals surface area contributed by atoms with E-state index in [2.05, 4.69) is 0 Å². The predicted molar refractivity (Wildman–Crippen MR) is 56.4 cm³/mol. The standard InChI is InChI=1S/C13H18O3/c14-9-8-13(15,16)12-7-6-11(9,12)10(12)4-2-1-3-5-10/h15-16H,1-8H2/t11-,12+/m1/s1. The van der Waals surface area contributed by atoms with Gasteiger partial charge in [0, 0.05) is 10.8 Å². The maximum Gasteiger partial charge on any atom is 0.176 e. The van der Waals surface area contributed by atoms with Crippen molar-refractivity contribution in [1.29, 1.82) is 0 Å². The number of hydrogen-bond donors (Lipinski definition) is 2. The van der Waals surface area contributed by atoms with Crippen LogP contribution in [-0.2, 0) is 4.79 Å². The van der Waals surface area contributed by atoms with Crippen LogP contribution < -0.4 is 0 Å². The van der Waals surface area contributed by atoms with E-state index in [-0.39, 0.29) is 23.0 Å². The van der Waals surface area contributed by atoms with Crippen LogP contribution in [0.3, 0.4) is 0 Å². The van der Waals surface area contributed by atoms with Crippen molar-refractivity contribution in [2.45, 2.75) is 57.2 Å². The van der Waals surface area contributed by atoms with E-state index in [1.165, 1.54) is 6.42 Å². The third-order valence-electron chi connectivity index (χ3n) is 6.45. The van der Waals surface area contributed by atoms with Crippen molar-refractivity contribution in [2.24, 2.45) is 16.2 Å². The maximum atomic E-state index is 12.2. The summed E-state index contributed by atoms with van der Waals surface area (Å²) in [5.74, 6) is -1.55. The van der Waals surface area contributed by atoms with E-state index >= 15 is 0 Å². The Morgan fingerprint density at radius 2 is 1.62 bits per heavy atom. The molecular formula is C13H18O3.